The second kappa shape index (κ2) is 6.18. The van der Waals surface area contributed by atoms with Crippen LogP contribution < -0.4 is 11.3 Å². The second-order valence-electron chi connectivity index (χ2n) is 6.65. The Balaban J connectivity index is 2.70. The number of allylic oxidation sites excluding steroid dienone is 1. The SMILES string of the molecule is C=C(C)CCC(NN)C1(OC)CCC(C)(C)CC1. The topological polar surface area (TPSA) is 47.3 Å². The second-order valence-corrected chi connectivity index (χ2v) is 6.65. The fourth-order valence-corrected chi connectivity index (χ4v) is 2.93. The lowest BCUT2D eigenvalue weighted by Crippen LogP contribution is -2.56. The minimum atomic E-state index is -0.0975. The molecule has 1 atom stereocenters. The average Bonchev–Trinajstić information content (AvgIpc) is 2.31. The highest BCUT2D eigenvalue weighted by molar-refractivity contribution is 5.00. The van der Waals surface area contributed by atoms with E-state index in [4.69, 9.17) is 10.6 Å². The summed E-state index contributed by atoms with van der Waals surface area (Å²) < 4.78 is 5.89. The lowest BCUT2D eigenvalue weighted by Gasteiger charge is -2.47. The van der Waals surface area contributed by atoms with E-state index in [1.807, 2.05) is 7.11 Å². The van der Waals surface area contributed by atoms with Crippen LogP contribution in [-0.2, 0) is 4.74 Å². The Hall–Kier alpha value is -0.380. The van der Waals surface area contributed by atoms with Crippen molar-refractivity contribution < 1.29 is 4.74 Å². The number of methoxy groups -OCH3 is 1. The van der Waals surface area contributed by atoms with Crippen molar-refractivity contribution in [3.63, 3.8) is 0 Å². The van der Waals surface area contributed by atoms with Crippen LogP contribution in [-0.4, -0.2) is 18.8 Å². The molecule has 0 aromatic carbocycles. The predicted octanol–water partition coefficient (Wildman–Crippen LogP) is 3.16. The van der Waals surface area contributed by atoms with Crippen LogP contribution in [0.1, 0.15) is 59.3 Å². The molecule has 0 bridgehead atoms. The predicted molar refractivity (Wildman–Crippen MR) is 77.1 cm³/mol. The number of nitrogens with two attached hydrogens (primary N) is 1. The van der Waals surface area contributed by atoms with E-state index < -0.39 is 0 Å². The molecule has 106 valence electrons. The summed E-state index contributed by atoms with van der Waals surface area (Å²) in [6.45, 7) is 10.7. The molecule has 0 saturated heterocycles. The number of hydrazine groups is 1. The molecular formula is C15H30N2O. The number of ether oxygens (including phenoxy) is 1. The molecule has 0 radical (unpaired) electrons. The van der Waals surface area contributed by atoms with Gasteiger partial charge >= 0.3 is 0 Å². The third-order valence-corrected chi connectivity index (χ3v) is 4.55. The maximum absolute atomic E-state index is 5.89. The van der Waals surface area contributed by atoms with Crippen LogP contribution >= 0.6 is 0 Å². The Kier molecular flexibility index (Phi) is 5.38. The number of rotatable bonds is 6. The van der Waals surface area contributed by atoms with Crippen molar-refractivity contribution in [1.29, 1.82) is 0 Å². The molecule has 0 spiro atoms. The first-order chi connectivity index (χ1) is 8.35. The van der Waals surface area contributed by atoms with Crippen molar-refractivity contribution in [3.05, 3.63) is 12.2 Å². The zero-order chi connectivity index (χ0) is 13.8. The summed E-state index contributed by atoms with van der Waals surface area (Å²) in [5.74, 6) is 5.76. The van der Waals surface area contributed by atoms with Crippen molar-refractivity contribution in [2.24, 2.45) is 11.3 Å². The minimum Gasteiger partial charge on any atom is -0.377 e. The van der Waals surface area contributed by atoms with Gasteiger partial charge < -0.3 is 4.74 Å². The fraction of sp³-hybridized carbons (Fsp3) is 0.867. The number of nitrogens with one attached hydrogen (secondary N) is 1. The lowest BCUT2D eigenvalue weighted by molar-refractivity contribution is -0.0878. The van der Waals surface area contributed by atoms with Crippen LogP contribution in [0.25, 0.3) is 0 Å². The Morgan fingerprint density at radius 2 is 1.89 bits per heavy atom. The summed E-state index contributed by atoms with van der Waals surface area (Å²) in [6, 6.07) is 0.218. The van der Waals surface area contributed by atoms with E-state index in [2.05, 4.69) is 32.8 Å². The van der Waals surface area contributed by atoms with Crippen LogP contribution in [0.4, 0.5) is 0 Å². The first-order valence-electron chi connectivity index (χ1n) is 7.01. The monoisotopic (exact) mass is 254 g/mol. The molecule has 1 unspecified atom stereocenters. The van der Waals surface area contributed by atoms with Gasteiger partial charge in [-0.05, 0) is 50.9 Å². The van der Waals surface area contributed by atoms with Crippen molar-refractivity contribution in [1.82, 2.24) is 5.43 Å². The zero-order valence-electron chi connectivity index (χ0n) is 12.5. The Morgan fingerprint density at radius 1 is 1.33 bits per heavy atom. The van der Waals surface area contributed by atoms with Gasteiger partial charge in [0.1, 0.15) is 0 Å². The van der Waals surface area contributed by atoms with E-state index in [1.165, 1.54) is 18.4 Å². The van der Waals surface area contributed by atoms with Gasteiger partial charge in [0.15, 0.2) is 0 Å². The molecule has 0 heterocycles. The Morgan fingerprint density at radius 3 is 2.28 bits per heavy atom. The molecule has 3 N–H and O–H groups in total. The third kappa shape index (κ3) is 3.81. The zero-order valence-corrected chi connectivity index (χ0v) is 12.5. The van der Waals surface area contributed by atoms with E-state index in [9.17, 15) is 0 Å². The molecule has 3 nitrogen and oxygen atoms in total. The lowest BCUT2D eigenvalue weighted by atomic mass is 9.68. The molecule has 1 aliphatic carbocycles. The molecule has 0 amide bonds. The molecule has 3 heteroatoms. The van der Waals surface area contributed by atoms with Gasteiger partial charge in [0.05, 0.1) is 11.6 Å². The highest BCUT2D eigenvalue weighted by Gasteiger charge is 2.43. The first kappa shape index (κ1) is 15.7. The fourth-order valence-electron chi connectivity index (χ4n) is 2.93. The average molecular weight is 254 g/mol. The van der Waals surface area contributed by atoms with Crippen molar-refractivity contribution in [3.8, 4) is 0 Å². The Labute approximate surface area is 112 Å². The van der Waals surface area contributed by atoms with Crippen molar-refractivity contribution in [2.75, 3.05) is 7.11 Å². The summed E-state index contributed by atoms with van der Waals surface area (Å²) in [5.41, 5.74) is 4.53. The maximum atomic E-state index is 5.89. The van der Waals surface area contributed by atoms with E-state index >= 15 is 0 Å². The van der Waals surface area contributed by atoms with E-state index in [0.717, 1.165) is 25.7 Å². The first-order valence-corrected chi connectivity index (χ1v) is 7.01. The summed E-state index contributed by atoms with van der Waals surface area (Å²) in [5, 5.41) is 0. The molecule has 0 aliphatic heterocycles. The molecule has 1 rings (SSSR count). The molecule has 0 aromatic heterocycles. The highest BCUT2D eigenvalue weighted by Crippen LogP contribution is 2.44. The maximum Gasteiger partial charge on any atom is 0.0844 e. The minimum absolute atomic E-state index is 0.0975. The Bertz CT molecular complexity index is 276. The number of hydrogen-bond acceptors (Lipinski definition) is 3. The molecule has 18 heavy (non-hydrogen) atoms. The van der Waals surface area contributed by atoms with Crippen molar-refractivity contribution in [2.45, 2.75) is 70.9 Å². The van der Waals surface area contributed by atoms with E-state index in [0.29, 0.717) is 5.41 Å². The van der Waals surface area contributed by atoms with Crippen molar-refractivity contribution >= 4 is 0 Å². The highest BCUT2D eigenvalue weighted by atomic mass is 16.5. The van der Waals surface area contributed by atoms with Crippen LogP contribution in [0.3, 0.4) is 0 Å². The normalized spacial score (nSPS) is 23.6. The molecule has 1 fully saturated rings. The summed E-state index contributed by atoms with van der Waals surface area (Å²) in [4.78, 5) is 0. The smallest absolute Gasteiger partial charge is 0.0844 e. The van der Waals surface area contributed by atoms with Gasteiger partial charge in [-0.1, -0.05) is 19.4 Å². The molecule has 0 aromatic rings. The van der Waals surface area contributed by atoms with Gasteiger partial charge in [0, 0.05) is 7.11 Å². The van der Waals surface area contributed by atoms with Crippen LogP contribution in [0, 0.1) is 5.41 Å². The van der Waals surface area contributed by atoms with Gasteiger partial charge in [-0.3, -0.25) is 11.3 Å². The van der Waals surface area contributed by atoms with Gasteiger partial charge in [-0.15, -0.1) is 6.58 Å². The summed E-state index contributed by atoms with van der Waals surface area (Å²) in [7, 11) is 1.82. The largest absolute Gasteiger partial charge is 0.377 e. The van der Waals surface area contributed by atoms with Gasteiger partial charge in [-0.25, -0.2) is 0 Å². The van der Waals surface area contributed by atoms with E-state index in [-0.39, 0.29) is 11.6 Å². The molecule has 1 aliphatic rings. The van der Waals surface area contributed by atoms with Crippen LogP contribution in [0.15, 0.2) is 12.2 Å². The van der Waals surface area contributed by atoms with E-state index in [1.54, 1.807) is 0 Å². The van der Waals surface area contributed by atoms with Gasteiger partial charge in [-0.2, -0.15) is 0 Å². The molecule has 1 saturated carbocycles. The summed E-state index contributed by atoms with van der Waals surface area (Å²) in [6.07, 6.45) is 6.57. The van der Waals surface area contributed by atoms with Gasteiger partial charge in [0.25, 0.3) is 0 Å². The standard InChI is InChI=1S/C15H30N2O/c1-12(2)6-7-13(17-16)15(18-5)10-8-14(3,4)9-11-15/h13,17H,1,6-11,16H2,2-5H3. The quantitative estimate of drug-likeness (QED) is 0.435. The third-order valence-electron chi connectivity index (χ3n) is 4.55. The van der Waals surface area contributed by atoms with Crippen LogP contribution in [0.5, 0.6) is 0 Å². The molecular weight excluding hydrogens is 224 g/mol. The number of hydrogen-bond donors (Lipinski definition) is 2. The van der Waals surface area contributed by atoms with Gasteiger partial charge in [0.2, 0.25) is 0 Å². The summed E-state index contributed by atoms with van der Waals surface area (Å²) >= 11 is 0. The van der Waals surface area contributed by atoms with Crippen LogP contribution in [0.2, 0.25) is 0 Å².